The first-order valence-corrected chi connectivity index (χ1v) is 24.1. The lowest BCUT2D eigenvalue weighted by Crippen LogP contribution is -2.64. The molecule has 0 aromatic heterocycles. The Labute approximate surface area is 393 Å². The van der Waals surface area contributed by atoms with Gasteiger partial charge in [-0.25, -0.2) is 0 Å². The summed E-state index contributed by atoms with van der Waals surface area (Å²) in [5, 5.41) is 25.2. The number of benzene rings is 2. The summed E-state index contributed by atoms with van der Waals surface area (Å²) in [7, 11) is 0. The fraction of sp³-hybridized carbons (Fsp3) is 0.635. The third kappa shape index (κ3) is 15.0. The van der Waals surface area contributed by atoms with Gasteiger partial charge in [0, 0.05) is 25.0 Å². The largest absolute Gasteiger partial charge is 0.481 e. The van der Waals surface area contributed by atoms with Crippen LogP contribution in [0.4, 0.5) is 0 Å². The number of carboxylic acids is 1. The summed E-state index contributed by atoms with van der Waals surface area (Å²) >= 11 is 0. The molecule has 1 aliphatic heterocycles. The van der Waals surface area contributed by atoms with Gasteiger partial charge in [0.25, 0.3) is 0 Å². The molecule has 6 N–H and O–H groups in total. The van der Waals surface area contributed by atoms with E-state index in [9.17, 15) is 38.7 Å². The summed E-state index contributed by atoms with van der Waals surface area (Å²) in [6, 6.07) is 14.4. The number of aliphatic carboxylic acids is 1. The third-order valence-corrected chi connectivity index (χ3v) is 13.5. The van der Waals surface area contributed by atoms with Gasteiger partial charge in [-0.05, 0) is 79.2 Å². The lowest BCUT2D eigenvalue weighted by molar-refractivity contribution is -0.155. The molecule has 66 heavy (non-hydrogen) atoms. The quantitative estimate of drug-likeness (QED) is 0.0802. The van der Waals surface area contributed by atoms with Crippen molar-refractivity contribution in [3.63, 3.8) is 0 Å². The van der Waals surface area contributed by atoms with Crippen LogP contribution in [-0.4, -0.2) is 101 Å². The number of ketones is 1. The molecule has 1 aliphatic carbocycles. The van der Waals surface area contributed by atoms with Crippen molar-refractivity contribution in [2.24, 2.45) is 28.1 Å². The van der Waals surface area contributed by atoms with Gasteiger partial charge in [0.2, 0.25) is 29.5 Å². The van der Waals surface area contributed by atoms with E-state index in [0.717, 1.165) is 24.0 Å². The Hall–Kier alpha value is -5.11. The van der Waals surface area contributed by atoms with Crippen LogP contribution >= 0.6 is 0 Å². The zero-order chi connectivity index (χ0) is 48.8. The molecule has 0 spiro atoms. The molecule has 5 amide bonds. The Morgan fingerprint density at radius 2 is 1.27 bits per heavy atom. The minimum absolute atomic E-state index is 0.0345. The third-order valence-electron chi connectivity index (χ3n) is 13.5. The Morgan fingerprint density at radius 3 is 1.79 bits per heavy atom. The molecule has 14 heteroatoms. The molecule has 2 aliphatic rings. The van der Waals surface area contributed by atoms with Crippen molar-refractivity contribution in [1.29, 1.82) is 0 Å². The minimum Gasteiger partial charge on any atom is -0.481 e. The maximum atomic E-state index is 14.6. The number of nitrogens with one attached hydrogen (secondary N) is 5. The smallest absolute Gasteiger partial charge is 0.312 e. The van der Waals surface area contributed by atoms with Crippen LogP contribution in [0.1, 0.15) is 131 Å². The van der Waals surface area contributed by atoms with E-state index in [1.807, 2.05) is 102 Å². The number of hydrogen-bond acceptors (Lipinski definition) is 8. The number of rotatable bonds is 23. The van der Waals surface area contributed by atoms with E-state index in [1.54, 1.807) is 25.7 Å². The molecule has 1 saturated carbocycles. The van der Waals surface area contributed by atoms with Crippen LogP contribution in [0.15, 0.2) is 60.7 Å². The highest BCUT2D eigenvalue weighted by Gasteiger charge is 2.53. The van der Waals surface area contributed by atoms with Crippen molar-refractivity contribution in [3.05, 3.63) is 71.8 Å². The molecule has 2 aromatic rings. The normalized spacial score (nSPS) is 17.8. The second kappa shape index (κ2) is 24.1. The summed E-state index contributed by atoms with van der Waals surface area (Å²) in [5.74, 6) is -4.98. The zero-order valence-corrected chi connectivity index (χ0v) is 41.0. The summed E-state index contributed by atoms with van der Waals surface area (Å²) in [6.45, 7) is 17.7. The fourth-order valence-electron chi connectivity index (χ4n) is 9.40. The topological polar surface area (TPSA) is 203 Å². The van der Waals surface area contributed by atoms with E-state index in [4.69, 9.17) is 0 Å². The highest BCUT2D eigenvalue weighted by atomic mass is 16.4. The zero-order valence-electron chi connectivity index (χ0n) is 41.0. The molecule has 0 radical (unpaired) electrons. The molecule has 0 bridgehead atoms. The highest BCUT2D eigenvalue weighted by Crippen LogP contribution is 2.42. The molecule has 14 nitrogen and oxygen atoms in total. The first-order valence-electron chi connectivity index (χ1n) is 24.1. The molecule has 6 atom stereocenters. The standard InChI is InChI=1S/C52H78N6O8/c1-10-40(50(4,5)6)55-48(64)44(52(49(65)66)27-17-18-28-52)57-45(61)38(32-41(60)58-29-19-20-30-58)54-47(63)43(51(7,8)9)56-46(62)42(34(2)3)53-33-39(59)37(31-36-23-15-12-16-24-36)26-25-35-21-13-11-14-22-35/h11-16,21-24,34,37-38,40,42-44,53H,10,17-20,25-33H2,1-9H3,(H,54,63)(H,55,64)(H,56,62)(H,57,61)(H,65,66). The second-order valence-electron chi connectivity index (χ2n) is 21.1. The van der Waals surface area contributed by atoms with E-state index in [-0.39, 0.29) is 54.4 Å². The fourth-order valence-corrected chi connectivity index (χ4v) is 9.40. The maximum absolute atomic E-state index is 14.6. The minimum atomic E-state index is -1.60. The van der Waals surface area contributed by atoms with Gasteiger partial charge in [0.05, 0.1) is 24.4 Å². The Balaban J connectivity index is 1.57. The van der Waals surface area contributed by atoms with Crippen molar-refractivity contribution in [1.82, 2.24) is 31.5 Å². The van der Waals surface area contributed by atoms with E-state index in [0.29, 0.717) is 51.6 Å². The number of amides is 5. The molecule has 4 rings (SSSR count). The molecule has 6 unspecified atom stereocenters. The van der Waals surface area contributed by atoms with Crippen LogP contribution in [0.5, 0.6) is 0 Å². The number of carbonyl (C=O) groups excluding carboxylic acids is 6. The Kier molecular flexibility index (Phi) is 19.5. The molecule has 2 fully saturated rings. The highest BCUT2D eigenvalue weighted by molar-refractivity contribution is 5.99. The van der Waals surface area contributed by atoms with Crippen molar-refractivity contribution < 1.29 is 38.7 Å². The van der Waals surface area contributed by atoms with Gasteiger partial charge >= 0.3 is 5.97 Å². The summed E-state index contributed by atoms with van der Waals surface area (Å²) in [4.78, 5) is 99.9. The van der Waals surface area contributed by atoms with Crippen LogP contribution in [0, 0.1) is 28.1 Å². The van der Waals surface area contributed by atoms with E-state index in [1.165, 1.54) is 0 Å². The maximum Gasteiger partial charge on any atom is 0.312 e. The number of carbonyl (C=O) groups is 7. The van der Waals surface area contributed by atoms with Gasteiger partial charge in [-0.1, -0.05) is 136 Å². The van der Waals surface area contributed by atoms with Crippen molar-refractivity contribution in [2.75, 3.05) is 19.6 Å². The first kappa shape index (κ1) is 53.5. The monoisotopic (exact) mass is 915 g/mol. The van der Waals surface area contributed by atoms with Gasteiger partial charge in [-0.15, -0.1) is 0 Å². The SMILES string of the molecule is CCC(NC(=O)C(NC(=O)C(CC(=O)N1CCCC1)NC(=O)C(NC(=O)C(NCC(=O)C(CCc1ccccc1)Cc1ccccc1)C(C)C)C(C)(C)C)C1(C(=O)O)CCCC1)C(C)(C)C. The number of likely N-dealkylation sites (tertiary alicyclic amines) is 1. The molecule has 364 valence electrons. The lowest BCUT2D eigenvalue weighted by Gasteiger charge is -2.38. The molecule has 1 saturated heterocycles. The number of Topliss-reactive ketones (excluding diaryl/α,β-unsaturated/α-hetero) is 1. The summed E-state index contributed by atoms with van der Waals surface area (Å²) in [5.41, 5.74) is -0.707. The Bertz CT molecular complexity index is 1950. The van der Waals surface area contributed by atoms with Gasteiger partial charge in [0.15, 0.2) is 0 Å². The predicted molar refractivity (Wildman–Crippen MR) is 256 cm³/mol. The number of hydrogen-bond donors (Lipinski definition) is 6. The summed E-state index contributed by atoms with van der Waals surface area (Å²) < 4.78 is 0. The van der Waals surface area contributed by atoms with E-state index < -0.39 is 71.0 Å². The van der Waals surface area contributed by atoms with Crippen molar-refractivity contribution in [3.8, 4) is 0 Å². The van der Waals surface area contributed by atoms with Crippen LogP contribution in [0.25, 0.3) is 0 Å². The predicted octanol–water partition coefficient (Wildman–Crippen LogP) is 5.76. The van der Waals surface area contributed by atoms with Crippen LogP contribution in [0.3, 0.4) is 0 Å². The van der Waals surface area contributed by atoms with E-state index >= 15 is 0 Å². The van der Waals surface area contributed by atoms with Crippen LogP contribution in [-0.2, 0) is 46.4 Å². The van der Waals surface area contributed by atoms with E-state index in [2.05, 4.69) is 26.6 Å². The Morgan fingerprint density at radius 1 is 0.697 bits per heavy atom. The number of aryl methyl sites for hydroxylation is 1. The molecule has 1 heterocycles. The van der Waals surface area contributed by atoms with Crippen molar-refractivity contribution >= 4 is 41.3 Å². The van der Waals surface area contributed by atoms with Gasteiger partial charge in [-0.2, -0.15) is 0 Å². The lowest BCUT2D eigenvalue weighted by atomic mass is 9.77. The molecule has 2 aromatic carbocycles. The average Bonchev–Trinajstić information content (AvgIpc) is 3.99. The van der Waals surface area contributed by atoms with Crippen molar-refractivity contribution in [2.45, 2.75) is 163 Å². The average molecular weight is 915 g/mol. The second-order valence-corrected chi connectivity index (χ2v) is 21.1. The molecular formula is C52H78N6O8. The van der Waals surface area contributed by atoms with Gasteiger partial charge in [0.1, 0.15) is 23.9 Å². The molecular weight excluding hydrogens is 837 g/mol. The number of nitrogens with zero attached hydrogens (tertiary/aromatic N) is 1. The van der Waals surface area contributed by atoms with Gasteiger partial charge in [-0.3, -0.25) is 38.9 Å². The summed E-state index contributed by atoms with van der Waals surface area (Å²) in [6.07, 6.45) is 5.01. The van der Waals surface area contributed by atoms with Gasteiger partial charge < -0.3 is 31.3 Å². The van der Waals surface area contributed by atoms with Crippen LogP contribution in [0.2, 0.25) is 0 Å². The first-order chi connectivity index (χ1) is 31.1. The van der Waals surface area contributed by atoms with Crippen LogP contribution < -0.4 is 26.6 Å². The number of carboxylic acid groups (broad SMARTS) is 1.